The Morgan fingerprint density at radius 2 is 1.63 bits per heavy atom. The maximum Gasteiger partial charge on any atom is 0.355 e. The van der Waals surface area contributed by atoms with Crippen molar-refractivity contribution in [1.29, 1.82) is 0 Å². The lowest BCUT2D eigenvalue weighted by atomic mass is 10.2. The van der Waals surface area contributed by atoms with Gasteiger partial charge in [-0.15, -0.1) is 0 Å². The first-order valence-corrected chi connectivity index (χ1v) is 11.3. The molecule has 1 aromatic heterocycles. The van der Waals surface area contributed by atoms with Crippen molar-refractivity contribution in [3.05, 3.63) is 66.4 Å². The highest BCUT2D eigenvalue weighted by atomic mass is 127. The Morgan fingerprint density at radius 1 is 1.00 bits per heavy atom. The molecule has 2 aromatic carbocycles. The summed E-state index contributed by atoms with van der Waals surface area (Å²) in [5, 5.41) is 1.03. The summed E-state index contributed by atoms with van der Waals surface area (Å²) < 4.78 is 7.52. The van der Waals surface area contributed by atoms with E-state index in [-0.39, 0.29) is 5.97 Å². The second kappa shape index (κ2) is 11.1. The van der Waals surface area contributed by atoms with E-state index >= 15 is 0 Å². The zero-order valence-corrected chi connectivity index (χ0v) is 18.3. The molecule has 0 spiro atoms. The van der Waals surface area contributed by atoms with Crippen molar-refractivity contribution in [2.45, 2.75) is 13.8 Å². The SMILES string of the molecule is CCN(CC)CCOC(=O)c1cc2ccccc2n1-c1ccccc1.CI. The fraction of sp³-hybridized carbons (Fsp3) is 0.318. The molecule has 0 fully saturated rings. The zero-order chi connectivity index (χ0) is 19.6. The van der Waals surface area contributed by atoms with E-state index in [0.29, 0.717) is 12.3 Å². The van der Waals surface area contributed by atoms with Crippen molar-refractivity contribution in [3.8, 4) is 5.69 Å². The Bertz CT molecular complexity index is 842. The number of esters is 1. The van der Waals surface area contributed by atoms with Crippen LogP contribution in [0.15, 0.2) is 60.7 Å². The van der Waals surface area contributed by atoms with Gasteiger partial charge in [0.15, 0.2) is 0 Å². The van der Waals surface area contributed by atoms with Gasteiger partial charge in [-0.25, -0.2) is 4.79 Å². The van der Waals surface area contributed by atoms with Crippen molar-refractivity contribution in [3.63, 3.8) is 0 Å². The molecule has 3 rings (SSSR count). The van der Waals surface area contributed by atoms with E-state index in [2.05, 4.69) is 41.3 Å². The summed E-state index contributed by atoms with van der Waals surface area (Å²) >= 11 is 2.15. The van der Waals surface area contributed by atoms with Gasteiger partial charge in [0.2, 0.25) is 0 Å². The number of ether oxygens (including phenoxy) is 1. The molecule has 0 unspecified atom stereocenters. The van der Waals surface area contributed by atoms with E-state index < -0.39 is 0 Å². The molecule has 0 radical (unpaired) electrons. The van der Waals surface area contributed by atoms with Crippen LogP contribution >= 0.6 is 22.6 Å². The summed E-state index contributed by atoms with van der Waals surface area (Å²) in [7, 11) is 0. The molecule has 0 aliphatic carbocycles. The lowest BCUT2D eigenvalue weighted by Crippen LogP contribution is -2.28. The van der Waals surface area contributed by atoms with Crippen LogP contribution < -0.4 is 0 Å². The molecular formula is C22H27IN2O2. The molecule has 0 atom stereocenters. The van der Waals surface area contributed by atoms with Crippen LogP contribution in [-0.2, 0) is 4.74 Å². The number of halogens is 1. The van der Waals surface area contributed by atoms with E-state index in [0.717, 1.165) is 36.2 Å². The number of aromatic nitrogens is 1. The van der Waals surface area contributed by atoms with Crippen molar-refractivity contribution in [1.82, 2.24) is 9.47 Å². The highest BCUT2D eigenvalue weighted by Gasteiger charge is 2.18. The third kappa shape index (κ3) is 5.32. The summed E-state index contributed by atoms with van der Waals surface area (Å²) in [4.78, 5) is 16.9. The number of para-hydroxylation sites is 2. The van der Waals surface area contributed by atoms with Crippen LogP contribution in [0.1, 0.15) is 24.3 Å². The normalized spacial score (nSPS) is 10.6. The molecule has 27 heavy (non-hydrogen) atoms. The predicted octanol–water partition coefficient (Wildman–Crippen LogP) is 5.18. The standard InChI is InChI=1S/C21H24N2O2.CH3I/c1-3-22(4-2)14-15-25-21(24)20-16-17-10-8-9-13-19(17)23(20)18-11-6-5-7-12-18;1-2/h5-13,16H,3-4,14-15H2,1-2H3;1H3. The molecule has 0 aliphatic rings. The predicted molar refractivity (Wildman–Crippen MR) is 121 cm³/mol. The average Bonchev–Trinajstić information content (AvgIpc) is 3.13. The zero-order valence-electron chi connectivity index (χ0n) is 16.2. The van der Waals surface area contributed by atoms with Crippen LogP contribution in [0.4, 0.5) is 0 Å². The molecule has 5 heteroatoms. The summed E-state index contributed by atoms with van der Waals surface area (Å²) in [5.74, 6) is -0.285. The topological polar surface area (TPSA) is 34.5 Å². The Labute approximate surface area is 175 Å². The van der Waals surface area contributed by atoms with Crippen LogP contribution in [0, 0.1) is 0 Å². The van der Waals surface area contributed by atoms with Gasteiger partial charge in [-0.3, -0.25) is 0 Å². The molecule has 3 aromatic rings. The molecule has 144 valence electrons. The molecule has 0 aliphatic heterocycles. The summed E-state index contributed by atoms with van der Waals surface area (Å²) in [6.07, 6.45) is 0. The molecule has 0 saturated carbocycles. The summed E-state index contributed by atoms with van der Waals surface area (Å²) in [6.45, 7) is 7.29. The summed E-state index contributed by atoms with van der Waals surface area (Å²) in [6, 6.07) is 19.8. The quantitative estimate of drug-likeness (QED) is 0.267. The number of nitrogens with zero attached hydrogens (tertiary/aromatic N) is 2. The minimum Gasteiger partial charge on any atom is -0.460 e. The van der Waals surface area contributed by atoms with Crippen LogP contribution in [0.2, 0.25) is 0 Å². The van der Waals surface area contributed by atoms with Crippen molar-refractivity contribution < 1.29 is 9.53 Å². The summed E-state index contributed by atoms with van der Waals surface area (Å²) in [5.41, 5.74) is 2.52. The number of hydrogen-bond donors (Lipinski definition) is 0. The van der Waals surface area contributed by atoms with Gasteiger partial charge in [-0.1, -0.05) is 72.8 Å². The number of fused-ring (bicyclic) bond motifs is 1. The number of hydrogen-bond acceptors (Lipinski definition) is 3. The van der Waals surface area contributed by atoms with Gasteiger partial charge >= 0.3 is 5.97 Å². The second-order valence-electron chi connectivity index (χ2n) is 5.92. The first-order chi connectivity index (χ1) is 13.2. The third-order valence-electron chi connectivity index (χ3n) is 4.47. The average molecular weight is 478 g/mol. The molecule has 0 N–H and O–H groups in total. The van der Waals surface area contributed by atoms with Gasteiger partial charge in [0.1, 0.15) is 12.3 Å². The van der Waals surface area contributed by atoms with Gasteiger partial charge in [-0.05, 0) is 42.3 Å². The number of rotatable bonds is 7. The number of likely N-dealkylation sites (N-methyl/N-ethyl adjacent to an activating group) is 1. The fourth-order valence-electron chi connectivity index (χ4n) is 3.04. The van der Waals surface area contributed by atoms with Crippen molar-refractivity contribution in [2.75, 3.05) is 31.2 Å². The van der Waals surface area contributed by atoms with Gasteiger partial charge in [-0.2, -0.15) is 0 Å². The first kappa shape index (κ1) is 21.4. The molecular weight excluding hydrogens is 451 g/mol. The number of carbonyl (C=O) groups excluding carboxylic acids is 1. The second-order valence-corrected chi connectivity index (χ2v) is 5.92. The maximum absolute atomic E-state index is 12.7. The lowest BCUT2D eigenvalue weighted by Gasteiger charge is -2.17. The molecule has 0 bridgehead atoms. The lowest BCUT2D eigenvalue weighted by molar-refractivity contribution is 0.0457. The van der Waals surface area contributed by atoms with Crippen LogP contribution in [-0.4, -0.2) is 46.6 Å². The van der Waals surface area contributed by atoms with E-state index in [1.807, 2.05) is 70.2 Å². The van der Waals surface area contributed by atoms with Crippen LogP contribution in [0.25, 0.3) is 16.6 Å². The van der Waals surface area contributed by atoms with Crippen LogP contribution in [0.3, 0.4) is 0 Å². The van der Waals surface area contributed by atoms with Gasteiger partial charge in [0.25, 0.3) is 0 Å². The van der Waals surface area contributed by atoms with Gasteiger partial charge < -0.3 is 14.2 Å². The minimum atomic E-state index is -0.285. The molecule has 1 heterocycles. The van der Waals surface area contributed by atoms with Gasteiger partial charge in [0.05, 0.1) is 5.52 Å². The molecule has 4 nitrogen and oxygen atoms in total. The van der Waals surface area contributed by atoms with Gasteiger partial charge in [0, 0.05) is 17.6 Å². The maximum atomic E-state index is 12.7. The highest BCUT2D eigenvalue weighted by molar-refractivity contribution is 14.1. The van der Waals surface area contributed by atoms with Crippen molar-refractivity contribution >= 4 is 39.5 Å². The Balaban J connectivity index is 0.00000126. The smallest absolute Gasteiger partial charge is 0.355 e. The molecule has 0 amide bonds. The molecule has 0 saturated heterocycles. The van der Waals surface area contributed by atoms with E-state index in [4.69, 9.17) is 4.74 Å². The van der Waals surface area contributed by atoms with Crippen LogP contribution in [0.5, 0.6) is 0 Å². The Hall–Kier alpha value is -1.86. The monoisotopic (exact) mass is 478 g/mol. The van der Waals surface area contributed by atoms with E-state index in [9.17, 15) is 4.79 Å². The fourth-order valence-corrected chi connectivity index (χ4v) is 3.04. The third-order valence-corrected chi connectivity index (χ3v) is 4.47. The first-order valence-electron chi connectivity index (χ1n) is 9.17. The van der Waals surface area contributed by atoms with E-state index in [1.165, 1.54) is 0 Å². The van der Waals surface area contributed by atoms with Crippen molar-refractivity contribution in [2.24, 2.45) is 0 Å². The van der Waals surface area contributed by atoms with E-state index in [1.54, 1.807) is 0 Å². The Morgan fingerprint density at radius 3 is 2.30 bits per heavy atom. The highest BCUT2D eigenvalue weighted by Crippen LogP contribution is 2.24. The Kier molecular flexibility index (Phi) is 8.81. The number of benzene rings is 2. The number of alkyl halides is 1. The minimum absolute atomic E-state index is 0.285. The number of carbonyl (C=O) groups is 1. The largest absolute Gasteiger partial charge is 0.460 e.